The van der Waals surface area contributed by atoms with Crippen molar-refractivity contribution in [2.75, 3.05) is 0 Å². The summed E-state index contributed by atoms with van der Waals surface area (Å²) in [5.74, 6) is 0.631. The Morgan fingerprint density at radius 2 is 2.25 bits per heavy atom. The lowest BCUT2D eigenvalue weighted by Crippen LogP contribution is -1.82. The molecule has 0 saturated carbocycles. The van der Waals surface area contributed by atoms with Gasteiger partial charge in [-0.2, -0.15) is 0 Å². The zero-order valence-corrected chi connectivity index (χ0v) is 5.72. The maximum Gasteiger partial charge on any atom is -0.0230 e. The minimum atomic E-state index is 0.631. The molecule has 0 heteroatoms. The summed E-state index contributed by atoms with van der Waals surface area (Å²) >= 11 is 0. The Morgan fingerprint density at radius 1 is 1.62 bits per heavy atom. The average Bonchev–Trinajstić information content (AvgIpc) is 1.83. The standard InChI is InChI=1S/C8H14/c1-4-6-7-8(3)5-2/h4-6,8H,2,7H2,1,3H3. The van der Waals surface area contributed by atoms with Crippen molar-refractivity contribution >= 4 is 0 Å². The summed E-state index contributed by atoms with van der Waals surface area (Å²) in [6.07, 6.45) is 7.33. The molecule has 0 aromatic heterocycles. The highest BCUT2D eigenvalue weighted by Gasteiger charge is 1.87. The van der Waals surface area contributed by atoms with E-state index in [1.165, 1.54) is 0 Å². The molecule has 0 aliphatic carbocycles. The molecule has 0 amide bonds. The van der Waals surface area contributed by atoms with Crippen molar-refractivity contribution in [2.45, 2.75) is 20.3 Å². The molecule has 1 atom stereocenters. The summed E-state index contributed by atoms with van der Waals surface area (Å²) in [6, 6.07) is 0. The van der Waals surface area contributed by atoms with Crippen LogP contribution in [0.25, 0.3) is 0 Å². The van der Waals surface area contributed by atoms with Crippen molar-refractivity contribution in [3.05, 3.63) is 24.8 Å². The average molecular weight is 110 g/mol. The fourth-order valence-electron chi connectivity index (χ4n) is 0.447. The minimum absolute atomic E-state index is 0.631. The quantitative estimate of drug-likeness (QED) is 0.490. The molecule has 0 aliphatic heterocycles. The van der Waals surface area contributed by atoms with Crippen LogP contribution in [0.5, 0.6) is 0 Å². The van der Waals surface area contributed by atoms with Crippen molar-refractivity contribution in [3.63, 3.8) is 0 Å². The molecule has 0 fully saturated rings. The first-order valence-corrected chi connectivity index (χ1v) is 3.05. The first kappa shape index (κ1) is 7.48. The van der Waals surface area contributed by atoms with E-state index in [2.05, 4.69) is 25.7 Å². The van der Waals surface area contributed by atoms with Crippen LogP contribution in [0.15, 0.2) is 24.8 Å². The second-order valence-corrected chi connectivity index (χ2v) is 2.02. The highest BCUT2D eigenvalue weighted by molar-refractivity contribution is 4.85. The van der Waals surface area contributed by atoms with Crippen LogP contribution in [0.1, 0.15) is 20.3 Å². The monoisotopic (exact) mass is 110 g/mol. The van der Waals surface area contributed by atoms with E-state index in [-0.39, 0.29) is 0 Å². The molecule has 0 bridgehead atoms. The van der Waals surface area contributed by atoms with Gasteiger partial charge >= 0.3 is 0 Å². The Balaban J connectivity index is 3.23. The van der Waals surface area contributed by atoms with E-state index in [0.717, 1.165) is 6.42 Å². The molecule has 46 valence electrons. The van der Waals surface area contributed by atoms with E-state index in [1.54, 1.807) is 0 Å². The summed E-state index contributed by atoms with van der Waals surface area (Å²) in [7, 11) is 0. The highest BCUT2D eigenvalue weighted by atomic mass is 13.9. The van der Waals surface area contributed by atoms with Gasteiger partial charge in [-0.1, -0.05) is 25.2 Å². The second kappa shape index (κ2) is 4.63. The van der Waals surface area contributed by atoms with Crippen LogP contribution < -0.4 is 0 Å². The van der Waals surface area contributed by atoms with Crippen molar-refractivity contribution in [2.24, 2.45) is 5.92 Å². The van der Waals surface area contributed by atoms with Crippen LogP contribution in [0, 0.1) is 5.92 Å². The van der Waals surface area contributed by atoms with Gasteiger partial charge in [0.2, 0.25) is 0 Å². The molecular formula is C8H14. The molecule has 0 saturated heterocycles. The lowest BCUT2D eigenvalue weighted by atomic mass is 10.1. The number of hydrogen-bond donors (Lipinski definition) is 0. The highest BCUT2D eigenvalue weighted by Crippen LogP contribution is 2.01. The predicted octanol–water partition coefficient (Wildman–Crippen LogP) is 2.77. The van der Waals surface area contributed by atoms with Gasteiger partial charge in [-0.3, -0.25) is 0 Å². The SMILES string of the molecule is C=CC(C)CC=CC. The largest absolute Gasteiger partial charge is 0.103 e. The Hall–Kier alpha value is -0.520. The summed E-state index contributed by atoms with van der Waals surface area (Å²) in [5, 5.41) is 0. The second-order valence-electron chi connectivity index (χ2n) is 2.02. The first-order chi connectivity index (χ1) is 3.81. The van der Waals surface area contributed by atoms with E-state index in [1.807, 2.05) is 13.0 Å². The van der Waals surface area contributed by atoms with Crippen LogP contribution in [0.2, 0.25) is 0 Å². The van der Waals surface area contributed by atoms with E-state index in [0.29, 0.717) is 5.92 Å². The van der Waals surface area contributed by atoms with E-state index in [9.17, 15) is 0 Å². The Kier molecular flexibility index (Phi) is 4.33. The van der Waals surface area contributed by atoms with E-state index >= 15 is 0 Å². The van der Waals surface area contributed by atoms with Crippen molar-refractivity contribution in [1.29, 1.82) is 0 Å². The zero-order valence-electron chi connectivity index (χ0n) is 5.72. The van der Waals surface area contributed by atoms with Crippen molar-refractivity contribution < 1.29 is 0 Å². The molecule has 0 rings (SSSR count). The summed E-state index contributed by atoms with van der Waals surface area (Å²) in [5.41, 5.74) is 0. The minimum Gasteiger partial charge on any atom is -0.103 e. The Morgan fingerprint density at radius 3 is 2.62 bits per heavy atom. The third-order valence-electron chi connectivity index (χ3n) is 1.15. The lowest BCUT2D eigenvalue weighted by Gasteiger charge is -1.96. The first-order valence-electron chi connectivity index (χ1n) is 3.05. The molecule has 0 aromatic carbocycles. The van der Waals surface area contributed by atoms with Crippen molar-refractivity contribution in [3.8, 4) is 0 Å². The van der Waals surface area contributed by atoms with Gasteiger partial charge in [-0.25, -0.2) is 0 Å². The van der Waals surface area contributed by atoms with Crippen molar-refractivity contribution in [1.82, 2.24) is 0 Å². The lowest BCUT2D eigenvalue weighted by molar-refractivity contribution is 0.746. The summed E-state index contributed by atoms with van der Waals surface area (Å²) in [6.45, 7) is 7.88. The third-order valence-corrected chi connectivity index (χ3v) is 1.15. The van der Waals surface area contributed by atoms with Crippen LogP contribution >= 0.6 is 0 Å². The normalized spacial score (nSPS) is 14.2. The maximum absolute atomic E-state index is 3.68. The molecular weight excluding hydrogens is 96.1 g/mol. The molecule has 8 heavy (non-hydrogen) atoms. The van der Waals surface area contributed by atoms with E-state index < -0.39 is 0 Å². The van der Waals surface area contributed by atoms with Gasteiger partial charge in [0.25, 0.3) is 0 Å². The van der Waals surface area contributed by atoms with Crippen LogP contribution in [0.3, 0.4) is 0 Å². The fraction of sp³-hybridized carbons (Fsp3) is 0.500. The van der Waals surface area contributed by atoms with Gasteiger partial charge in [-0.15, -0.1) is 6.58 Å². The summed E-state index contributed by atoms with van der Waals surface area (Å²) in [4.78, 5) is 0. The molecule has 0 aromatic rings. The van der Waals surface area contributed by atoms with Gasteiger partial charge in [-0.05, 0) is 19.3 Å². The topological polar surface area (TPSA) is 0 Å². The maximum atomic E-state index is 3.68. The number of rotatable bonds is 3. The number of hydrogen-bond acceptors (Lipinski definition) is 0. The molecule has 0 radical (unpaired) electrons. The van der Waals surface area contributed by atoms with Gasteiger partial charge in [0.05, 0.1) is 0 Å². The molecule has 0 nitrogen and oxygen atoms in total. The van der Waals surface area contributed by atoms with Gasteiger partial charge in [0.1, 0.15) is 0 Å². The Labute approximate surface area is 51.9 Å². The van der Waals surface area contributed by atoms with Crippen LogP contribution in [-0.2, 0) is 0 Å². The van der Waals surface area contributed by atoms with Crippen LogP contribution in [0.4, 0.5) is 0 Å². The van der Waals surface area contributed by atoms with Gasteiger partial charge < -0.3 is 0 Å². The summed E-state index contributed by atoms with van der Waals surface area (Å²) < 4.78 is 0. The number of allylic oxidation sites excluding steroid dienone is 3. The Bertz CT molecular complexity index is 80.0. The molecule has 0 aliphatic rings. The predicted molar refractivity (Wildman–Crippen MR) is 38.8 cm³/mol. The fourth-order valence-corrected chi connectivity index (χ4v) is 0.447. The van der Waals surface area contributed by atoms with Gasteiger partial charge in [0.15, 0.2) is 0 Å². The molecule has 1 unspecified atom stereocenters. The molecule has 0 spiro atoms. The molecule has 0 heterocycles. The smallest absolute Gasteiger partial charge is 0.0230 e. The van der Waals surface area contributed by atoms with E-state index in [4.69, 9.17) is 0 Å². The zero-order chi connectivity index (χ0) is 6.41. The molecule has 0 N–H and O–H groups in total. The van der Waals surface area contributed by atoms with Gasteiger partial charge in [0, 0.05) is 0 Å². The third kappa shape index (κ3) is 3.66. The van der Waals surface area contributed by atoms with Crippen LogP contribution in [-0.4, -0.2) is 0 Å².